The molecule has 0 aliphatic rings. The van der Waals surface area contributed by atoms with E-state index in [0.29, 0.717) is 10.7 Å². The lowest BCUT2D eigenvalue weighted by Crippen LogP contribution is -2.11. The van der Waals surface area contributed by atoms with E-state index in [4.69, 9.17) is 0 Å². The van der Waals surface area contributed by atoms with E-state index in [2.05, 4.69) is 27.0 Å². The predicted octanol–water partition coefficient (Wildman–Crippen LogP) is 5.30. The van der Waals surface area contributed by atoms with Crippen LogP contribution in [0.25, 0.3) is 10.8 Å². The zero-order valence-corrected chi connectivity index (χ0v) is 15.5. The summed E-state index contributed by atoms with van der Waals surface area (Å²) in [4.78, 5) is 13.7. The number of amides is 1. The highest BCUT2D eigenvalue weighted by Crippen LogP contribution is 2.29. The fourth-order valence-electron chi connectivity index (χ4n) is 2.35. The minimum absolute atomic E-state index is 0.170. The Hall–Kier alpha value is -2.22. The Morgan fingerprint density at radius 3 is 2.76 bits per heavy atom. The highest BCUT2D eigenvalue weighted by Gasteiger charge is 2.11. The van der Waals surface area contributed by atoms with E-state index in [-0.39, 0.29) is 5.91 Å². The van der Waals surface area contributed by atoms with Gasteiger partial charge in [-0.05, 0) is 34.4 Å². The molecule has 2 aromatic heterocycles. The normalized spacial score (nSPS) is 10.9. The number of anilines is 1. The summed E-state index contributed by atoms with van der Waals surface area (Å²) in [7, 11) is 0. The summed E-state index contributed by atoms with van der Waals surface area (Å²) in [5.41, 5.74) is 0.613. The monoisotopic (exact) mass is 383 g/mol. The molecule has 0 aliphatic carbocycles. The number of hydrogen-bond donors (Lipinski definition) is 1. The lowest BCUT2D eigenvalue weighted by Gasteiger charge is -2.03. The lowest BCUT2D eigenvalue weighted by molar-refractivity contribution is 0.102. The third kappa shape index (κ3) is 3.89. The van der Waals surface area contributed by atoms with Crippen LogP contribution in [0.2, 0.25) is 0 Å². The summed E-state index contributed by atoms with van der Waals surface area (Å²) in [5.74, 6) is 0.696. The van der Waals surface area contributed by atoms with Crippen LogP contribution in [0, 0.1) is 0 Å². The van der Waals surface area contributed by atoms with E-state index < -0.39 is 0 Å². The number of nitrogens with zero attached hydrogens (tertiary/aromatic N) is 2. The first-order chi connectivity index (χ1) is 12.3. The summed E-state index contributed by atoms with van der Waals surface area (Å²) in [6.45, 7) is 0. The summed E-state index contributed by atoms with van der Waals surface area (Å²) in [5, 5.41) is 15.8. The van der Waals surface area contributed by atoms with Crippen LogP contribution in [0.4, 0.5) is 5.13 Å². The summed E-state index contributed by atoms with van der Waals surface area (Å²) in [6.07, 6.45) is 0. The Kier molecular flexibility index (Phi) is 4.78. The number of aromatic nitrogens is 2. The first kappa shape index (κ1) is 16.3. The second-order valence-corrected chi connectivity index (χ2v) is 8.49. The number of carbonyl (C=O) groups excluding carboxylic acids is 1. The molecule has 0 fully saturated rings. The zero-order chi connectivity index (χ0) is 17.1. The molecule has 0 spiro atoms. The number of rotatable bonds is 5. The molecular formula is C18H13N3OS3. The van der Waals surface area contributed by atoms with Gasteiger partial charge in [-0.2, -0.15) is 0 Å². The predicted molar refractivity (Wildman–Crippen MR) is 106 cm³/mol. The number of fused-ring (bicyclic) bond motifs is 1. The van der Waals surface area contributed by atoms with Crippen molar-refractivity contribution in [3.05, 3.63) is 70.4 Å². The molecule has 2 aromatic carbocycles. The van der Waals surface area contributed by atoms with Crippen LogP contribution in [-0.2, 0) is 5.75 Å². The largest absolute Gasteiger partial charge is 0.296 e. The third-order valence-electron chi connectivity index (χ3n) is 3.56. The zero-order valence-electron chi connectivity index (χ0n) is 13.0. The molecule has 0 bridgehead atoms. The van der Waals surface area contributed by atoms with Crippen LogP contribution in [0.5, 0.6) is 0 Å². The van der Waals surface area contributed by atoms with Crippen molar-refractivity contribution < 1.29 is 4.79 Å². The molecule has 0 saturated heterocycles. The molecule has 4 nitrogen and oxygen atoms in total. The van der Waals surface area contributed by atoms with Crippen molar-refractivity contribution in [3.8, 4) is 0 Å². The van der Waals surface area contributed by atoms with Crippen LogP contribution >= 0.6 is 34.4 Å². The second kappa shape index (κ2) is 7.35. The molecule has 0 unspecified atom stereocenters. The minimum atomic E-state index is -0.170. The fourth-order valence-corrected chi connectivity index (χ4v) is 4.87. The molecule has 1 amide bonds. The van der Waals surface area contributed by atoms with Crippen LogP contribution in [0.1, 0.15) is 15.2 Å². The van der Waals surface area contributed by atoms with E-state index in [1.54, 1.807) is 23.1 Å². The molecule has 25 heavy (non-hydrogen) atoms. The van der Waals surface area contributed by atoms with Crippen LogP contribution < -0.4 is 5.32 Å². The minimum Gasteiger partial charge on any atom is -0.296 e. The molecule has 7 heteroatoms. The van der Waals surface area contributed by atoms with Gasteiger partial charge in [-0.3, -0.25) is 10.1 Å². The third-order valence-corrected chi connectivity index (χ3v) is 6.64. The SMILES string of the molecule is O=C(Nc1nnc(SCc2cccs2)s1)c1ccc2ccccc2c1. The maximum absolute atomic E-state index is 12.4. The highest BCUT2D eigenvalue weighted by atomic mass is 32.2. The smallest absolute Gasteiger partial charge is 0.257 e. The Morgan fingerprint density at radius 2 is 1.92 bits per heavy atom. The maximum Gasteiger partial charge on any atom is 0.257 e. The molecule has 4 aromatic rings. The van der Waals surface area contributed by atoms with E-state index in [0.717, 1.165) is 20.9 Å². The number of hydrogen-bond acceptors (Lipinski definition) is 6. The fraction of sp³-hybridized carbons (Fsp3) is 0.0556. The first-order valence-electron chi connectivity index (χ1n) is 7.57. The molecule has 4 rings (SSSR count). The number of carbonyl (C=O) groups is 1. The van der Waals surface area contributed by atoms with Crippen molar-refractivity contribution >= 4 is 56.2 Å². The van der Waals surface area contributed by atoms with Crippen molar-refractivity contribution in [3.63, 3.8) is 0 Å². The van der Waals surface area contributed by atoms with Gasteiger partial charge in [-0.15, -0.1) is 21.5 Å². The first-order valence-corrected chi connectivity index (χ1v) is 10.2. The second-order valence-electron chi connectivity index (χ2n) is 5.26. The van der Waals surface area contributed by atoms with Crippen LogP contribution in [-0.4, -0.2) is 16.1 Å². The van der Waals surface area contributed by atoms with E-state index >= 15 is 0 Å². The van der Waals surface area contributed by atoms with Gasteiger partial charge in [0.25, 0.3) is 5.91 Å². The molecular weight excluding hydrogens is 370 g/mol. The van der Waals surface area contributed by atoms with Crippen molar-refractivity contribution in [1.29, 1.82) is 0 Å². The van der Waals surface area contributed by atoms with Gasteiger partial charge in [0.15, 0.2) is 4.34 Å². The van der Waals surface area contributed by atoms with Crippen LogP contribution in [0.15, 0.2) is 64.3 Å². The summed E-state index contributed by atoms with van der Waals surface area (Å²) in [6, 6.07) is 17.8. The Balaban J connectivity index is 1.43. The van der Waals surface area contributed by atoms with Gasteiger partial charge in [0.2, 0.25) is 5.13 Å². The van der Waals surface area contributed by atoms with Gasteiger partial charge in [0.05, 0.1) is 0 Å². The van der Waals surface area contributed by atoms with Gasteiger partial charge in [-0.25, -0.2) is 0 Å². The molecule has 0 radical (unpaired) electrons. The average molecular weight is 384 g/mol. The topological polar surface area (TPSA) is 54.9 Å². The number of thioether (sulfide) groups is 1. The Bertz CT molecular complexity index is 1010. The van der Waals surface area contributed by atoms with Crippen molar-refractivity contribution in [2.24, 2.45) is 0 Å². The Morgan fingerprint density at radius 1 is 1.04 bits per heavy atom. The summed E-state index contributed by atoms with van der Waals surface area (Å²) >= 11 is 4.75. The number of benzene rings is 2. The van der Waals surface area contributed by atoms with E-state index in [1.807, 2.05) is 48.5 Å². The molecule has 0 atom stereocenters. The molecule has 0 saturated carbocycles. The van der Waals surface area contributed by atoms with Crippen molar-refractivity contribution in [1.82, 2.24) is 10.2 Å². The van der Waals surface area contributed by atoms with E-state index in [9.17, 15) is 4.79 Å². The Labute approximate surface area is 156 Å². The van der Waals surface area contributed by atoms with Crippen LogP contribution in [0.3, 0.4) is 0 Å². The van der Waals surface area contributed by atoms with Gasteiger partial charge in [-0.1, -0.05) is 59.5 Å². The van der Waals surface area contributed by atoms with Crippen molar-refractivity contribution in [2.75, 3.05) is 5.32 Å². The molecule has 124 valence electrons. The van der Waals surface area contributed by atoms with Crippen molar-refractivity contribution in [2.45, 2.75) is 10.1 Å². The van der Waals surface area contributed by atoms with Gasteiger partial charge < -0.3 is 0 Å². The molecule has 1 N–H and O–H groups in total. The van der Waals surface area contributed by atoms with Gasteiger partial charge >= 0.3 is 0 Å². The standard InChI is InChI=1S/C18H13N3OS3/c22-16(14-8-7-12-4-1-2-5-13(12)10-14)19-17-20-21-18(25-17)24-11-15-6-3-9-23-15/h1-10H,11H2,(H,19,20,22). The highest BCUT2D eigenvalue weighted by molar-refractivity contribution is 8.00. The lowest BCUT2D eigenvalue weighted by atomic mass is 10.1. The quantitative estimate of drug-likeness (QED) is 0.375. The molecule has 2 heterocycles. The summed E-state index contributed by atoms with van der Waals surface area (Å²) < 4.78 is 0.849. The maximum atomic E-state index is 12.4. The number of thiophene rings is 1. The molecule has 0 aliphatic heterocycles. The van der Waals surface area contributed by atoms with E-state index in [1.165, 1.54) is 16.2 Å². The van der Waals surface area contributed by atoms with Gasteiger partial charge in [0.1, 0.15) is 0 Å². The van der Waals surface area contributed by atoms with Gasteiger partial charge in [0, 0.05) is 16.2 Å². The average Bonchev–Trinajstić information content (AvgIpc) is 3.31. The number of nitrogens with one attached hydrogen (secondary N) is 1.